The van der Waals surface area contributed by atoms with E-state index in [1.165, 1.54) is 15.5 Å². The van der Waals surface area contributed by atoms with Crippen LogP contribution in [0, 0.1) is 11.3 Å². The molecule has 0 aliphatic carbocycles. The van der Waals surface area contributed by atoms with E-state index in [0.29, 0.717) is 15.7 Å². The van der Waals surface area contributed by atoms with Gasteiger partial charge in [0.2, 0.25) is 0 Å². The van der Waals surface area contributed by atoms with E-state index in [2.05, 4.69) is 10.3 Å². The Morgan fingerprint density at radius 3 is 3.00 bits per heavy atom. The minimum absolute atomic E-state index is 0.0828. The van der Waals surface area contributed by atoms with Crippen molar-refractivity contribution in [3.8, 4) is 6.07 Å². The molecule has 2 aromatic heterocycles. The highest BCUT2D eigenvalue weighted by atomic mass is 35.5. The van der Waals surface area contributed by atoms with Gasteiger partial charge in [-0.2, -0.15) is 5.26 Å². The van der Waals surface area contributed by atoms with Gasteiger partial charge in [-0.25, -0.2) is 0 Å². The van der Waals surface area contributed by atoms with Crippen molar-refractivity contribution in [1.82, 2.24) is 8.94 Å². The molecule has 0 bridgehead atoms. The number of nitrogens with zero attached hydrogens (tertiary/aromatic N) is 3. The summed E-state index contributed by atoms with van der Waals surface area (Å²) in [6, 6.07) is 9.17. The largest absolute Gasteiger partial charge is 0.343 e. The molecule has 3 rings (SSSR count). The van der Waals surface area contributed by atoms with Crippen LogP contribution < -0.4 is 10.9 Å². The van der Waals surface area contributed by atoms with Crippen LogP contribution in [-0.4, -0.2) is 8.94 Å². The predicted molar refractivity (Wildman–Crippen MR) is 84.3 cm³/mol. The molecular weight excluding hydrogens is 308 g/mol. The third-order valence-corrected chi connectivity index (χ3v) is 4.28. The average Bonchev–Trinajstić information content (AvgIpc) is 2.76. The van der Waals surface area contributed by atoms with Gasteiger partial charge < -0.3 is 5.32 Å². The number of hydrogen-bond acceptors (Lipinski definition) is 5. The first-order valence-electron chi connectivity index (χ1n) is 6.02. The second kappa shape index (κ2) is 5.20. The summed E-state index contributed by atoms with van der Waals surface area (Å²) in [4.78, 5) is 16.1. The van der Waals surface area contributed by atoms with Crippen LogP contribution in [0.3, 0.4) is 0 Å². The fraction of sp³-hybridized carbons (Fsp3) is 0.0714. The first kappa shape index (κ1) is 13.6. The van der Waals surface area contributed by atoms with Gasteiger partial charge in [0.05, 0.1) is 16.2 Å². The maximum Gasteiger partial charge on any atom is 0.280 e. The monoisotopic (exact) mass is 316 g/mol. The van der Waals surface area contributed by atoms with Gasteiger partial charge >= 0.3 is 0 Å². The zero-order chi connectivity index (χ0) is 15.0. The van der Waals surface area contributed by atoms with Crippen molar-refractivity contribution >= 4 is 44.7 Å². The molecular formula is C14H9ClN4OS. The van der Waals surface area contributed by atoms with Crippen LogP contribution >= 0.6 is 23.1 Å². The lowest BCUT2D eigenvalue weighted by atomic mass is 10.2. The third kappa shape index (κ3) is 2.27. The van der Waals surface area contributed by atoms with Crippen molar-refractivity contribution in [2.45, 2.75) is 0 Å². The molecule has 0 saturated carbocycles. The van der Waals surface area contributed by atoms with Crippen molar-refractivity contribution in [1.29, 1.82) is 5.26 Å². The van der Waals surface area contributed by atoms with Gasteiger partial charge in [-0.05, 0) is 35.8 Å². The van der Waals surface area contributed by atoms with E-state index in [1.54, 1.807) is 19.3 Å². The molecule has 0 amide bonds. The number of benzene rings is 1. The van der Waals surface area contributed by atoms with Crippen LogP contribution in [0.25, 0.3) is 10.9 Å². The van der Waals surface area contributed by atoms with Gasteiger partial charge in [0, 0.05) is 18.6 Å². The highest BCUT2D eigenvalue weighted by molar-refractivity contribution is 7.11. The Morgan fingerprint density at radius 1 is 1.43 bits per heavy atom. The van der Waals surface area contributed by atoms with Crippen molar-refractivity contribution in [2.24, 2.45) is 7.05 Å². The minimum atomic E-state index is -0.320. The Hall–Kier alpha value is -2.36. The summed E-state index contributed by atoms with van der Waals surface area (Å²) in [5.41, 5.74) is 1.19. The van der Waals surface area contributed by atoms with E-state index >= 15 is 0 Å². The Balaban J connectivity index is 2.19. The van der Waals surface area contributed by atoms with Gasteiger partial charge in [-0.3, -0.25) is 13.7 Å². The third-order valence-electron chi connectivity index (χ3n) is 3.04. The van der Waals surface area contributed by atoms with Gasteiger partial charge in [0.15, 0.2) is 5.56 Å². The summed E-state index contributed by atoms with van der Waals surface area (Å²) in [6.07, 6.45) is 1.70. The van der Waals surface area contributed by atoms with Crippen LogP contribution in [0.1, 0.15) is 5.56 Å². The fourth-order valence-electron chi connectivity index (χ4n) is 2.03. The summed E-state index contributed by atoms with van der Waals surface area (Å²) in [7, 11) is 1.62. The molecule has 0 unspecified atom stereocenters. The highest BCUT2D eigenvalue weighted by Crippen LogP contribution is 2.34. The lowest BCUT2D eigenvalue weighted by Crippen LogP contribution is -2.11. The topological polar surface area (TPSA) is 70.7 Å². The first-order valence-corrected chi connectivity index (χ1v) is 7.17. The number of aromatic nitrogens is 2. The molecule has 7 heteroatoms. The van der Waals surface area contributed by atoms with E-state index in [0.717, 1.165) is 10.9 Å². The predicted octanol–water partition coefficient (Wildman–Crippen LogP) is 3.26. The lowest BCUT2D eigenvalue weighted by Gasteiger charge is -2.09. The normalized spacial score (nSPS) is 10.5. The van der Waals surface area contributed by atoms with Gasteiger partial charge in [0.1, 0.15) is 11.1 Å². The van der Waals surface area contributed by atoms with Gasteiger partial charge in [0.25, 0.3) is 5.56 Å². The summed E-state index contributed by atoms with van der Waals surface area (Å²) >= 11 is 7.41. The molecule has 0 spiro atoms. The van der Waals surface area contributed by atoms with Crippen molar-refractivity contribution < 1.29 is 0 Å². The minimum Gasteiger partial charge on any atom is -0.343 e. The summed E-state index contributed by atoms with van der Waals surface area (Å²) in [5, 5.41) is 14.0. The molecule has 1 aromatic carbocycles. The first-order chi connectivity index (χ1) is 10.1. The molecule has 21 heavy (non-hydrogen) atoms. The lowest BCUT2D eigenvalue weighted by molar-refractivity contribution is 0.976. The van der Waals surface area contributed by atoms with Gasteiger partial charge in [-0.15, -0.1) is 0 Å². The molecule has 5 nitrogen and oxygen atoms in total. The molecule has 0 saturated heterocycles. The molecule has 1 N–H and O–H groups in total. The van der Waals surface area contributed by atoms with Crippen LogP contribution in [0.4, 0.5) is 10.7 Å². The van der Waals surface area contributed by atoms with Crippen molar-refractivity contribution in [2.75, 3.05) is 5.32 Å². The van der Waals surface area contributed by atoms with E-state index in [-0.39, 0.29) is 11.1 Å². The number of halogens is 1. The second-order valence-electron chi connectivity index (χ2n) is 4.33. The smallest absolute Gasteiger partial charge is 0.280 e. The Bertz CT molecular complexity index is 938. The Labute approximate surface area is 129 Å². The maximum absolute atomic E-state index is 11.8. The number of hydrogen-bond donors (Lipinski definition) is 1. The zero-order valence-electron chi connectivity index (χ0n) is 10.9. The molecule has 0 aliphatic heterocycles. The Kier molecular flexibility index (Phi) is 3.37. The molecule has 3 aromatic rings. The molecule has 0 aliphatic rings. The van der Waals surface area contributed by atoms with E-state index in [9.17, 15) is 4.79 Å². The van der Waals surface area contributed by atoms with Crippen LogP contribution in [0.5, 0.6) is 0 Å². The van der Waals surface area contributed by atoms with E-state index in [4.69, 9.17) is 16.9 Å². The summed E-state index contributed by atoms with van der Waals surface area (Å²) < 4.78 is 1.40. The number of anilines is 2. The summed E-state index contributed by atoms with van der Waals surface area (Å²) in [5.74, 6) is 0. The molecule has 2 heterocycles. The average molecular weight is 317 g/mol. The Morgan fingerprint density at radius 2 is 2.24 bits per heavy atom. The van der Waals surface area contributed by atoms with Gasteiger partial charge in [-0.1, -0.05) is 11.6 Å². The summed E-state index contributed by atoms with van der Waals surface area (Å²) in [6.45, 7) is 0. The SMILES string of the molecule is Cn1sc(Nc2c(Cl)ccc3ncccc23)c(C#N)c1=O. The van der Waals surface area contributed by atoms with E-state index < -0.39 is 0 Å². The molecule has 0 fully saturated rings. The number of nitriles is 1. The fourth-order valence-corrected chi connectivity index (χ4v) is 3.06. The maximum atomic E-state index is 11.8. The van der Waals surface area contributed by atoms with Crippen LogP contribution in [0.15, 0.2) is 35.3 Å². The molecule has 104 valence electrons. The number of fused-ring (bicyclic) bond motifs is 1. The molecule has 0 atom stereocenters. The van der Waals surface area contributed by atoms with E-state index in [1.807, 2.05) is 24.3 Å². The zero-order valence-corrected chi connectivity index (χ0v) is 12.5. The number of pyridine rings is 1. The highest BCUT2D eigenvalue weighted by Gasteiger charge is 2.15. The van der Waals surface area contributed by atoms with Crippen molar-refractivity contribution in [3.05, 3.63) is 51.4 Å². The van der Waals surface area contributed by atoms with Crippen LogP contribution in [0.2, 0.25) is 5.02 Å². The number of nitrogens with one attached hydrogen (secondary N) is 1. The quantitative estimate of drug-likeness (QED) is 0.787. The van der Waals surface area contributed by atoms with Crippen LogP contribution in [-0.2, 0) is 7.05 Å². The number of rotatable bonds is 2. The molecule has 0 radical (unpaired) electrons. The number of aryl methyl sites for hydroxylation is 1. The second-order valence-corrected chi connectivity index (χ2v) is 5.87. The van der Waals surface area contributed by atoms with Crippen molar-refractivity contribution in [3.63, 3.8) is 0 Å². The standard InChI is InChI=1S/C14H9ClN4OS/c1-19-14(20)9(7-16)13(21-19)18-12-8-3-2-6-17-11(8)5-4-10(12)15/h2-6,18H,1H3.